The van der Waals surface area contributed by atoms with Gasteiger partial charge in [-0.1, -0.05) is 0 Å². The zero-order valence-electron chi connectivity index (χ0n) is 13.0. The highest BCUT2D eigenvalue weighted by molar-refractivity contribution is 5.93. The second kappa shape index (κ2) is 5.70. The fourth-order valence-corrected chi connectivity index (χ4v) is 4.00. The zero-order valence-corrected chi connectivity index (χ0v) is 13.0. The van der Waals surface area contributed by atoms with Crippen LogP contribution < -0.4 is 5.32 Å². The molecule has 2 unspecified atom stereocenters. The first-order valence-electron chi connectivity index (χ1n) is 8.47. The van der Waals surface area contributed by atoms with Gasteiger partial charge in [0.25, 0.3) is 5.91 Å². The molecular formula is C17H24N2O3. The molecule has 4 rings (SSSR count). The number of H-pyrrole nitrogens is 1. The van der Waals surface area contributed by atoms with E-state index in [-0.39, 0.29) is 17.6 Å². The van der Waals surface area contributed by atoms with E-state index in [0.717, 1.165) is 44.4 Å². The third-order valence-electron chi connectivity index (χ3n) is 5.25. The molecule has 2 fully saturated rings. The lowest BCUT2D eigenvalue weighted by atomic mass is 9.89. The monoisotopic (exact) mass is 304 g/mol. The Balaban J connectivity index is 1.42. The maximum atomic E-state index is 12.5. The van der Waals surface area contributed by atoms with E-state index in [1.807, 2.05) is 6.07 Å². The van der Waals surface area contributed by atoms with Crippen molar-refractivity contribution < 1.29 is 14.3 Å². The Morgan fingerprint density at radius 1 is 1.32 bits per heavy atom. The molecule has 0 bridgehead atoms. The van der Waals surface area contributed by atoms with Crippen LogP contribution in [0.15, 0.2) is 6.07 Å². The first kappa shape index (κ1) is 14.3. The van der Waals surface area contributed by atoms with E-state index in [9.17, 15) is 4.79 Å². The molecule has 22 heavy (non-hydrogen) atoms. The van der Waals surface area contributed by atoms with Gasteiger partial charge in [0.2, 0.25) is 0 Å². The van der Waals surface area contributed by atoms with Gasteiger partial charge in [-0.3, -0.25) is 4.79 Å². The smallest absolute Gasteiger partial charge is 0.267 e. The third-order valence-corrected chi connectivity index (χ3v) is 5.25. The SMILES string of the molecule is O=C(NC1CCOC2(CCOC2)C1)c1cc2c([nH]1)CCCC2. The molecule has 2 atom stereocenters. The number of fused-ring (bicyclic) bond motifs is 1. The van der Waals surface area contributed by atoms with Gasteiger partial charge in [0.05, 0.1) is 12.2 Å². The maximum absolute atomic E-state index is 12.5. The number of aromatic amines is 1. The summed E-state index contributed by atoms with van der Waals surface area (Å²) in [5.74, 6) is 0.0235. The molecule has 0 saturated carbocycles. The predicted molar refractivity (Wildman–Crippen MR) is 82.0 cm³/mol. The molecule has 120 valence electrons. The largest absolute Gasteiger partial charge is 0.378 e. The average molecular weight is 304 g/mol. The fraction of sp³-hybridized carbons (Fsp3) is 0.706. The standard InChI is InChI=1S/C17H24N2O3/c20-16(15-9-12-3-1-2-4-14(12)19-15)18-13-5-7-22-17(10-13)6-8-21-11-17/h9,13,19H,1-8,10-11H2,(H,18,20). The molecule has 5 nitrogen and oxygen atoms in total. The Hall–Kier alpha value is -1.33. The number of carbonyl (C=O) groups is 1. The fourth-order valence-electron chi connectivity index (χ4n) is 4.00. The summed E-state index contributed by atoms with van der Waals surface area (Å²) in [6, 6.07) is 2.22. The van der Waals surface area contributed by atoms with Gasteiger partial charge in [-0.25, -0.2) is 0 Å². The number of hydrogen-bond donors (Lipinski definition) is 2. The summed E-state index contributed by atoms with van der Waals surface area (Å²) >= 11 is 0. The third kappa shape index (κ3) is 2.68. The normalized spacial score (nSPS) is 31.2. The molecule has 1 aromatic heterocycles. The molecule has 2 aliphatic heterocycles. The van der Waals surface area contributed by atoms with Crippen molar-refractivity contribution in [3.8, 4) is 0 Å². The Morgan fingerprint density at radius 2 is 2.23 bits per heavy atom. The lowest BCUT2D eigenvalue weighted by molar-refractivity contribution is -0.0881. The first-order valence-corrected chi connectivity index (χ1v) is 8.47. The van der Waals surface area contributed by atoms with Gasteiger partial charge >= 0.3 is 0 Å². The highest BCUT2D eigenvalue weighted by atomic mass is 16.6. The van der Waals surface area contributed by atoms with Gasteiger partial charge in [0.15, 0.2) is 0 Å². The molecule has 1 amide bonds. The Kier molecular flexibility index (Phi) is 3.70. The molecule has 1 aromatic rings. The van der Waals surface area contributed by atoms with Crippen LogP contribution in [-0.2, 0) is 22.3 Å². The number of aromatic nitrogens is 1. The maximum Gasteiger partial charge on any atom is 0.267 e. The van der Waals surface area contributed by atoms with E-state index in [2.05, 4.69) is 10.3 Å². The molecule has 3 aliphatic rings. The molecule has 1 aliphatic carbocycles. The summed E-state index contributed by atoms with van der Waals surface area (Å²) in [4.78, 5) is 15.8. The lowest BCUT2D eigenvalue weighted by Gasteiger charge is -2.37. The Bertz CT molecular complexity index is 537. The van der Waals surface area contributed by atoms with Gasteiger partial charge < -0.3 is 19.8 Å². The number of ether oxygens (including phenoxy) is 2. The average Bonchev–Trinajstić information content (AvgIpc) is 3.14. The first-order chi connectivity index (χ1) is 10.7. The van der Waals surface area contributed by atoms with Crippen LogP contribution in [0.3, 0.4) is 0 Å². The molecule has 3 heterocycles. The van der Waals surface area contributed by atoms with Crippen molar-refractivity contribution >= 4 is 5.91 Å². The summed E-state index contributed by atoms with van der Waals surface area (Å²) in [5.41, 5.74) is 3.13. The van der Waals surface area contributed by atoms with Crippen LogP contribution in [0.5, 0.6) is 0 Å². The van der Waals surface area contributed by atoms with Crippen molar-refractivity contribution in [2.24, 2.45) is 0 Å². The van der Waals surface area contributed by atoms with Gasteiger partial charge in [0.1, 0.15) is 5.69 Å². The number of amides is 1. The van der Waals surface area contributed by atoms with Crippen molar-refractivity contribution in [3.05, 3.63) is 23.0 Å². The minimum atomic E-state index is -0.162. The molecule has 0 radical (unpaired) electrons. The van der Waals surface area contributed by atoms with E-state index >= 15 is 0 Å². The second-order valence-corrected chi connectivity index (χ2v) is 6.89. The number of hydrogen-bond acceptors (Lipinski definition) is 3. The molecule has 2 N–H and O–H groups in total. The summed E-state index contributed by atoms with van der Waals surface area (Å²) in [5, 5.41) is 3.19. The summed E-state index contributed by atoms with van der Waals surface area (Å²) in [6.07, 6.45) is 7.30. The molecule has 2 saturated heterocycles. The molecule has 5 heteroatoms. The van der Waals surface area contributed by atoms with Crippen LogP contribution >= 0.6 is 0 Å². The molecule has 1 spiro atoms. The highest BCUT2D eigenvalue weighted by Crippen LogP contribution is 2.33. The van der Waals surface area contributed by atoms with Crippen molar-refractivity contribution in [3.63, 3.8) is 0 Å². The number of carbonyl (C=O) groups excluding carboxylic acids is 1. The van der Waals surface area contributed by atoms with Gasteiger partial charge in [-0.15, -0.1) is 0 Å². The predicted octanol–water partition coefficient (Wildman–Crippen LogP) is 1.96. The number of rotatable bonds is 2. The summed E-state index contributed by atoms with van der Waals surface area (Å²) < 4.78 is 11.4. The topological polar surface area (TPSA) is 63.4 Å². The Labute approximate surface area is 130 Å². The molecular weight excluding hydrogens is 280 g/mol. The van der Waals surface area contributed by atoms with E-state index in [1.165, 1.54) is 24.1 Å². The lowest BCUT2D eigenvalue weighted by Crippen LogP contribution is -2.49. The van der Waals surface area contributed by atoms with Crippen LogP contribution in [0.25, 0.3) is 0 Å². The summed E-state index contributed by atoms with van der Waals surface area (Å²) in [7, 11) is 0. The van der Waals surface area contributed by atoms with E-state index < -0.39 is 0 Å². The van der Waals surface area contributed by atoms with Crippen LogP contribution in [0.2, 0.25) is 0 Å². The zero-order chi connectivity index (χ0) is 15.0. The van der Waals surface area contributed by atoms with Crippen molar-refractivity contribution in [1.29, 1.82) is 0 Å². The quantitative estimate of drug-likeness (QED) is 0.878. The van der Waals surface area contributed by atoms with Crippen LogP contribution in [0.1, 0.15) is 53.8 Å². The van der Waals surface area contributed by atoms with E-state index in [0.29, 0.717) is 13.2 Å². The van der Waals surface area contributed by atoms with Gasteiger partial charge in [0, 0.05) is 31.4 Å². The van der Waals surface area contributed by atoms with Gasteiger partial charge in [-0.2, -0.15) is 0 Å². The van der Waals surface area contributed by atoms with Crippen LogP contribution in [-0.4, -0.2) is 42.4 Å². The van der Waals surface area contributed by atoms with Crippen LogP contribution in [0.4, 0.5) is 0 Å². The molecule has 0 aromatic carbocycles. The minimum Gasteiger partial charge on any atom is -0.378 e. The van der Waals surface area contributed by atoms with E-state index in [4.69, 9.17) is 9.47 Å². The Morgan fingerprint density at radius 3 is 3.05 bits per heavy atom. The van der Waals surface area contributed by atoms with Crippen molar-refractivity contribution in [2.45, 2.75) is 56.6 Å². The van der Waals surface area contributed by atoms with Crippen LogP contribution in [0, 0.1) is 0 Å². The van der Waals surface area contributed by atoms with E-state index in [1.54, 1.807) is 0 Å². The summed E-state index contributed by atoms with van der Waals surface area (Å²) in [6.45, 7) is 2.13. The van der Waals surface area contributed by atoms with Crippen molar-refractivity contribution in [1.82, 2.24) is 10.3 Å². The second-order valence-electron chi connectivity index (χ2n) is 6.89. The highest BCUT2D eigenvalue weighted by Gasteiger charge is 2.41. The van der Waals surface area contributed by atoms with Crippen molar-refractivity contribution in [2.75, 3.05) is 19.8 Å². The number of aryl methyl sites for hydroxylation is 2. The number of nitrogens with one attached hydrogen (secondary N) is 2. The van der Waals surface area contributed by atoms with Gasteiger partial charge in [-0.05, 0) is 50.2 Å². The minimum absolute atomic E-state index is 0.0235.